The molecule has 1 aliphatic rings. The largest absolute Gasteiger partial charge is 0.409 e. The fourth-order valence-electron chi connectivity index (χ4n) is 1.86. The van der Waals surface area contributed by atoms with Crippen LogP contribution in [0, 0.1) is 11.3 Å². The van der Waals surface area contributed by atoms with Gasteiger partial charge in [-0.05, 0) is 26.2 Å². The van der Waals surface area contributed by atoms with E-state index < -0.39 is 11.5 Å². The molecule has 1 fully saturated rings. The second-order valence-electron chi connectivity index (χ2n) is 5.19. The van der Waals surface area contributed by atoms with E-state index in [2.05, 4.69) is 5.16 Å². The highest BCUT2D eigenvalue weighted by Gasteiger charge is 2.39. The van der Waals surface area contributed by atoms with Crippen LogP contribution in [-0.4, -0.2) is 46.1 Å². The summed E-state index contributed by atoms with van der Waals surface area (Å²) in [7, 11) is 0. The number of amides is 1. The quantitative estimate of drug-likeness (QED) is 0.275. The van der Waals surface area contributed by atoms with Gasteiger partial charge in [0.2, 0.25) is 5.91 Å². The van der Waals surface area contributed by atoms with Gasteiger partial charge in [0, 0.05) is 13.1 Å². The number of carbonyl (C=O) groups excluding carboxylic acids is 1. The van der Waals surface area contributed by atoms with Crippen molar-refractivity contribution in [1.29, 1.82) is 0 Å². The lowest BCUT2D eigenvalue weighted by Gasteiger charge is -2.38. The molecule has 0 bridgehead atoms. The van der Waals surface area contributed by atoms with E-state index in [-0.39, 0.29) is 17.7 Å². The molecular weight excluding hydrogens is 222 g/mol. The first-order chi connectivity index (χ1) is 7.80. The van der Waals surface area contributed by atoms with Gasteiger partial charge in [-0.15, -0.1) is 0 Å². The maximum atomic E-state index is 12.2. The number of amidine groups is 1. The van der Waals surface area contributed by atoms with Gasteiger partial charge in [0.15, 0.2) is 5.84 Å². The predicted octanol–water partition coefficient (Wildman–Crippen LogP) is -0.0117. The summed E-state index contributed by atoms with van der Waals surface area (Å²) in [5, 5.41) is 21.3. The summed E-state index contributed by atoms with van der Waals surface area (Å²) >= 11 is 0. The zero-order chi connectivity index (χ0) is 13.2. The highest BCUT2D eigenvalue weighted by Crippen LogP contribution is 2.24. The Labute approximate surface area is 101 Å². The molecule has 4 N–H and O–H groups in total. The van der Waals surface area contributed by atoms with Crippen LogP contribution in [0.25, 0.3) is 0 Å². The van der Waals surface area contributed by atoms with Gasteiger partial charge >= 0.3 is 0 Å². The zero-order valence-electron chi connectivity index (χ0n) is 10.6. The van der Waals surface area contributed by atoms with Crippen molar-refractivity contribution in [3.05, 3.63) is 0 Å². The van der Waals surface area contributed by atoms with Crippen molar-refractivity contribution in [2.45, 2.75) is 33.3 Å². The van der Waals surface area contributed by atoms with Crippen LogP contribution in [0.4, 0.5) is 0 Å². The molecule has 2 atom stereocenters. The number of carbonyl (C=O) groups is 1. The fraction of sp³-hybridized carbons (Fsp3) is 0.818. The average molecular weight is 243 g/mol. The van der Waals surface area contributed by atoms with Gasteiger partial charge in [0.1, 0.15) is 5.41 Å². The second kappa shape index (κ2) is 4.91. The Bertz CT molecular complexity index is 328. The Morgan fingerprint density at radius 2 is 2.12 bits per heavy atom. The molecule has 0 aromatic carbocycles. The van der Waals surface area contributed by atoms with E-state index in [0.717, 1.165) is 6.42 Å². The third-order valence-electron chi connectivity index (χ3n) is 3.49. The van der Waals surface area contributed by atoms with Gasteiger partial charge in [0.25, 0.3) is 0 Å². The molecule has 0 aromatic heterocycles. The predicted molar refractivity (Wildman–Crippen MR) is 63.6 cm³/mol. The first-order valence-electron chi connectivity index (χ1n) is 5.76. The molecule has 2 unspecified atom stereocenters. The van der Waals surface area contributed by atoms with Crippen molar-refractivity contribution in [2.24, 2.45) is 22.2 Å². The number of nitrogens with zero attached hydrogens (tertiary/aromatic N) is 2. The molecule has 1 aliphatic heterocycles. The summed E-state index contributed by atoms with van der Waals surface area (Å²) in [5.41, 5.74) is 4.46. The SMILES string of the molecule is CC1CCN(C(=O)C(C)(C)C(N)=NO)CC1O. The molecule has 0 radical (unpaired) electrons. The van der Waals surface area contributed by atoms with Crippen LogP contribution >= 0.6 is 0 Å². The summed E-state index contributed by atoms with van der Waals surface area (Å²) < 4.78 is 0. The van der Waals surface area contributed by atoms with Crippen LogP contribution < -0.4 is 5.73 Å². The third-order valence-corrected chi connectivity index (χ3v) is 3.49. The number of β-amino-alcohol motifs (C(OH)–C–C–N with tert-alkyl or cyclic N) is 1. The van der Waals surface area contributed by atoms with Crippen LogP contribution in [0.5, 0.6) is 0 Å². The molecule has 98 valence electrons. The minimum atomic E-state index is -1.05. The van der Waals surface area contributed by atoms with Crippen molar-refractivity contribution in [3.63, 3.8) is 0 Å². The second-order valence-corrected chi connectivity index (χ2v) is 5.19. The maximum Gasteiger partial charge on any atom is 0.236 e. The Hall–Kier alpha value is -1.30. The number of piperidine rings is 1. The van der Waals surface area contributed by atoms with E-state index in [1.807, 2.05) is 6.92 Å². The molecule has 1 rings (SSSR count). The van der Waals surface area contributed by atoms with Crippen LogP contribution in [0.2, 0.25) is 0 Å². The Kier molecular flexibility index (Phi) is 3.98. The van der Waals surface area contributed by atoms with Gasteiger partial charge in [0.05, 0.1) is 6.10 Å². The van der Waals surface area contributed by atoms with E-state index >= 15 is 0 Å². The van der Waals surface area contributed by atoms with Crippen LogP contribution in [-0.2, 0) is 4.79 Å². The lowest BCUT2D eigenvalue weighted by Crippen LogP contribution is -2.53. The number of likely N-dealkylation sites (tertiary alicyclic amines) is 1. The van der Waals surface area contributed by atoms with Gasteiger partial charge in [-0.25, -0.2) is 0 Å². The normalized spacial score (nSPS) is 27.1. The number of rotatable bonds is 2. The van der Waals surface area contributed by atoms with Crippen molar-refractivity contribution >= 4 is 11.7 Å². The summed E-state index contributed by atoms with van der Waals surface area (Å²) in [4.78, 5) is 13.8. The van der Waals surface area contributed by atoms with Crippen molar-refractivity contribution in [3.8, 4) is 0 Å². The zero-order valence-corrected chi connectivity index (χ0v) is 10.6. The van der Waals surface area contributed by atoms with Gasteiger partial charge in [-0.2, -0.15) is 0 Å². The molecule has 1 amide bonds. The molecule has 1 heterocycles. The van der Waals surface area contributed by atoms with Crippen LogP contribution in [0.3, 0.4) is 0 Å². The number of aliphatic hydroxyl groups excluding tert-OH is 1. The Morgan fingerprint density at radius 1 is 1.53 bits per heavy atom. The van der Waals surface area contributed by atoms with Crippen molar-refractivity contribution in [1.82, 2.24) is 4.90 Å². The van der Waals surface area contributed by atoms with Gasteiger partial charge < -0.3 is 20.9 Å². The molecule has 17 heavy (non-hydrogen) atoms. The molecular formula is C11H21N3O3. The maximum absolute atomic E-state index is 12.2. The fourth-order valence-corrected chi connectivity index (χ4v) is 1.86. The van der Waals surface area contributed by atoms with E-state index in [9.17, 15) is 9.90 Å². The van der Waals surface area contributed by atoms with E-state index in [1.54, 1.807) is 18.7 Å². The summed E-state index contributed by atoms with van der Waals surface area (Å²) in [6, 6.07) is 0. The van der Waals surface area contributed by atoms with E-state index in [4.69, 9.17) is 10.9 Å². The number of aliphatic hydroxyl groups is 1. The van der Waals surface area contributed by atoms with E-state index in [1.165, 1.54) is 0 Å². The molecule has 6 heteroatoms. The minimum Gasteiger partial charge on any atom is -0.409 e. The first kappa shape index (κ1) is 13.8. The topological polar surface area (TPSA) is 99.2 Å². The molecule has 0 spiro atoms. The lowest BCUT2D eigenvalue weighted by molar-refractivity contribution is -0.141. The summed E-state index contributed by atoms with van der Waals surface area (Å²) in [6.45, 7) is 6.08. The van der Waals surface area contributed by atoms with Crippen LogP contribution in [0.1, 0.15) is 27.2 Å². The molecule has 0 saturated carbocycles. The minimum absolute atomic E-state index is 0.115. The number of oxime groups is 1. The number of hydrogen-bond donors (Lipinski definition) is 3. The average Bonchev–Trinajstić information content (AvgIpc) is 2.30. The Morgan fingerprint density at radius 3 is 2.59 bits per heavy atom. The Balaban J connectivity index is 2.77. The third kappa shape index (κ3) is 2.69. The van der Waals surface area contributed by atoms with Crippen molar-refractivity contribution in [2.75, 3.05) is 13.1 Å². The molecule has 0 aromatic rings. The summed E-state index contributed by atoms with van der Waals surface area (Å²) in [6.07, 6.45) is 0.259. The van der Waals surface area contributed by atoms with Gasteiger partial charge in [-0.1, -0.05) is 12.1 Å². The smallest absolute Gasteiger partial charge is 0.236 e. The number of nitrogens with two attached hydrogens (primary N) is 1. The summed E-state index contributed by atoms with van der Waals surface area (Å²) in [5.74, 6) is -0.139. The number of hydrogen-bond acceptors (Lipinski definition) is 4. The molecule has 6 nitrogen and oxygen atoms in total. The highest BCUT2D eigenvalue weighted by atomic mass is 16.4. The van der Waals surface area contributed by atoms with E-state index in [0.29, 0.717) is 13.1 Å². The molecule has 1 saturated heterocycles. The first-order valence-corrected chi connectivity index (χ1v) is 5.76. The van der Waals surface area contributed by atoms with Crippen LogP contribution in [0.15, 0.2) is 5.16 Å². The standard InChI is InChI=1S/C11H21N3O3/c1-7-4-5-14(6-8(7)15)10(16)11(2,3)9(12)13-17/h7-8,15,17H,4-6H2,1-3H3,(H2,12,13). The monoisotopic (exact) mass is 243 g/mol. The van der Waals surface area contributed by atoms with Gasteiger partial charge in [-0.3, -0.25) is 4.79 Å². The lowest BCUT2D eigenvalue weighted by atomic mass is 9.88. The molecule has 0 aliphatic carbocycles. The van der Waals surface area contributed by atoms with Crippen molar-refractivity contribution < 1.29 is 15.1 Å². The highest BCUT2D eigenvalue weighted by molar-refractivity contribution is 6.05.